The summed E-state index contributed by atoms with van der Waals surface area (Å²) in [6, 6.07) is 0. The Morgan fingerprint density at radius 1 is 0.689 bits per heavy atom. The number of ether oxygens (including phenoxy) is 2. The summed E-state index contributed by atoms with van der Waals surface area (Å²) in [5.74, 6) is 0.113. The van der Waals surface area contributed by atoms with E-state index in [2.05, 4.69) is 39.0 Å². The van der Waals surface area contributed by atoms with Crippen molar-refractivity contribution in [3.05, 3.63) is 60.8 Å². The molecule has 0 bridgehead atoms. The molecule has 6 nitrogen and oxygen atoms in total. The number of carbonyl (C=O) groups is 2. The smallest absolute Gasteiger partial charge is 0.306 e. The van der Waals surface area contributed by atoms with Crippen molar-refractivity contribution in [1.29, 1.82) is 0 Å². The van der Waals surface area contributed by atoms with Crippen LogP contribution in [0.15, 0.2) is 60.8 Å². The predicted octanol–water partition coefficient (Wildman–Crippen LogP) is 9.66. The number of hydrogen-bond donors (Lipinski definition) is 2. The molecule has 0 aromatic rings. The van der Waals surface area contributed by atoms with Crippen LogP contribution in [0, 0.1) is 5.92 Å². The van der Waals surface area contributed by atoms with E-state index in [9.17, 15) is 19.8 Å². The summed E-state index contributed by atoms with van der Waals surface area (Å²) in [7, 11) is 0. The van der Waals surface area contributed by atoms with Crippen molar-refractivity contribution in [1.82, 2.24) is 0 Å². The van der Waals surface area contributed by atoms with E-state index in [0.29, 0.717) is 19.3 Å². The molecule has 0 aliphatic heterocycles. The van der Waals surface area contributed by atoms with E-state index in [4.69, 9.17) is 9.47 Å². The highest BCUT2D eigenvalue weighted by molar-refractivity contribution is 5.70. The monoisotopic (exact) mass is 630 g/mol. The minimum absolute atomic E-state index is 0.108. The van der Waals surface area contributed by atoms with E-state index in [0.717, 1.165) is 50.9 Å². The molecule has 0 saturated heterocycles. The van der Waals surface area contributed by atoms with Gasteiger partial charge in [0.1, 0.15) is 6.61 Å². The third kappa shape index (κ3) is 32.8. The molecule has 0 rings (SSSR count). The molecule has 258 valence electrons. The molecule has 0 amide bonds. The Kier molecular flexibility index (Phi) is 31.2. The molecule has 0 aliphatic rings. The van der Waals surface area contributed by atoms with Gasteiger partial charge in [-0.15, -0.1) is 0 Å². The Balaban J connectivity index is 3.79. The Morgan fingerprint density at radius 3 is 1.96 bits per heavy atom. The second-order valence-corrected chi connectivity index (χ2v) is 12.2. The number of rotatable bonds is 30. The zero-order chi connectivity index (χ0) is 33.2. The van der Waals surface area contributed by atoms with Crippen LogP contribution in [0.25, 0.3) is 0 Å². The number of carbonyl (C=O) groups excluding carboxylic acids is 2. The summed E-state index contributed by atoms with van der Waals surface area (Å²) in [5.41, 5.74) is 0. The van der Waals surface area contributed by atoms with E-state index in [1.54, 1.807) is 6.08 Å². The molecule has 2 atom stereocenters. The summed E-state index contributed by atoms with van der Waals surface area (Å²) >= 11 is 0. The summed E-state index contributed by atoms with van der Waals surface area (Å²) in [6.45, 7) is 6.20. The van der Waals surface area contributed by atoms with Crippen molar-refractivity contribution in [2.45, 2.75) is 155 Å². The lowest BCUT2D eigenvalue weighted by Gasteiger charge is -2.15. The first-order chi connectivity index (χ1) is 21.9. The SMILES string of the molecule is CC/C=C\C/C=C\CC(O)/C=C/C=C\C/C=C\CCCC(=O)O[C@@H](CO)COC(=O)CCCCCCCCCCCCC(C)C. The van der Waals surface area contributed by atoms with Gasteiger partial charge in [-0.1, -0.05) is 146 Å². The van der Waals surface area contributed by atoms with E-state index in [-0.39, 0.29) is 25.6 Å². The lowest BCUT2D eigenvalue weighted by atomic mass is 10.0. The standard InChI is InChI=1S/C39H66O6/c1-4-5-6-7-19-24-29-36(41)30-25-20-15-12-13-17-22-27-32-39(43)45-37(33-40)34-44-38(42)31-26-21-16-11-9-8-10-14-18-23-28-35(2)3/h5-6,13,15,17,19-20,24-25,30,35-37,40-41H,4,7-12,14,16,18,21-23,26-29,31-34H2,1-3H3/b6-5-,17-13-,20-15-,24-19-,30-25+/t36?,37-/m0/s1. The molecular formula is C39H66O6. The molecular weight excluding hydrogens is 564 g/mol. The van der Waals surface area contributed by atoms with Crippen LogP contribution in [0.4, 0.5) is 0 Å². The van der Waals surface area contributed by atoms with Crippen molar-refractivity contribution in [3.8, 4) is 0 Å². The highest BCUT2D eigenvalue weighted by Gasteiger charge is 2.15. The topological polar surface area (TPSA) is 93.1 Å². The van der Waals surface area contributed by atoms with Crippen LogP contribution in [0.2, 0.25) is 0 Å². The molecule has 2 N–H and O–H groups in total. The molecule has 0 aromatic carbocycles. The first-order valence-corrected chi connectivity index (χ1v) is 17.8. The quantitative estimate of drug-likeness (QED) is 0.0355. The second kappa shape index (κ2) is 32.9. The normalized spacial score (nSPS) is 13.7. The number of hydrogen-bond acceptors (Lipinski definition) is 6. The van der Waals surface area contributed by atoms with E-state index in [1.165, 1.54) is 51.4 Å². The van der Waals surface area contributed by atoms with E-state index < -0.39 is 18.2 Å². The van der Waals surface area contributed by atoms with Gasteiger partial charge in [-0.3, -0.25) is 9.59 Å². The van der Waals surface area contributed by atoms with Crippen molar-refractivity contribution in [2.24, 2.45) is 5.92 Å². The summed E-state index contributed by atoms with van der Waals surface area (Å²) in [6.07, 6.45) is 37.4. The van der Waals surface area contributed by atoms with Gasteiger partial charge in [0.2, 0.25) is 0 Å². The lowest BCUT2D eigenvalue weighted by molar-refractivity contribution is -0.161. The van der Waals surface area contributed by atoms with Gasteiger partial charge < -0.3 is 19.7 Å². The average Bonchev–Trinajstić information content (AvgIpc) is 3.02. The maximum absolute atomic E-state index is 12.1. The second-order valence-electron chi connectivity index (χ2n) is 12.2. The lowest BCUT2D eigenvalue weighted by Crippen LogP contribution is -2.28. The number of unbranched alkanes of at least 4 members (excludes halogenated alkanes) is 10. The van der Waals surface area contributed by atoms with Gasteiger partial charge in [0.05, 0.1) is 12.7 Å². The fourth-order valence-corrected chi connectivity index (χ4v) is 4.62. The third-order valence-corrected chi connectivity index (χ3v) is 7.33. The summed E-state index contributed by atoms with van der Waals surface area (Å²) in [4.78, 5) is 24.1. The van der Waals surface area contributed by atoms with Crippen LogP contribution in [-0.2, 0) is 19.1 Å². The molecule has 0 aliphatic carbocycles. The maximum Gasteiger partial charge on any atom is 0.306 e. The molecule has 1 unspecified atom stereocenters. The molecule has 0 spiro atoms. The van der Waals surface area contributed by atoms with Gasteiger partial charge in [0.15, 0.2) is 6.10 Å². The van der Waals surface area contributed by atoms with Crippen LogP contribution in [0.1, 0.15) is 143 Å². The fraction of sp³-hybridized carbons (Fsp3) is 0.692. The largest absolute Gasteiger partial charge is 0.462 e. The highest BCUT2D eigenvalue weighted by atomic mass is 16.6. The van der Waals surface area contributed by atoms with Crippen molar-refractivity contribution in [3.63, 3.8) is 0 Å². The van der Waals surface area contributed by atoms with Crippen LogP contribution >= 0.6 is 0 Å². The molecule has 0 saturated carbocycles. The van der Waals surface area contributed by atoms with Crippen LogP contribution in [-0.4, -0.2) is 47.6 Å². The molecule has 0 radical (unpaired) electrons. The van der Waals surface area contributed by atoms with E-state index in [1.807, 2.05) is 36.5 Å². The zero-order valence-electron chi connectivity index (χ0n) is 28.9. The number of aliphatic hydroxyl groups excluding tert-OH is 2. The Morgan fingerprint density at radius 2 is 1.29 bits per heavy atom. The van der Waals surface area contributed by atoms with Crippen LogP contribution in [0.3, 0.4) is 0 Å². The average molecular weight is 631 g/mol. The molecule has 45 heavy (non-hydrogen) atoms. The first kappa shape index (κ1) is 42.6. The van der Waals surface area contributed by atoms with Gasteiger partial charge in [0.25, 0.3) is 0 Å². The Hall–Kier alpha value is -2.44. The molecule has 6 heteroatoms. The van der Waals surface area contributed by atoms with Gasteiger partial charge in [-0.05, 0) is 50.9 Å². The third-order valence-electron chi connectivity index (χ3n) is 7.33. The minimum Gasteiger partial charge on any atom is -0.462 e. The zero-order valence-corrected chi connectivity index (χ0v) is 28.9. The Bertz CT molecular complexity index is 838. The maximum atomic E-state index is 12.1. The predicted molar refractivity (Wildman–Crippen MR) is 188 cm³/mol. The van der Waals surface area contributed by atoms with Crippen molar-refractivity contribution < 1.29 is 29.3 Å². The first-order valence-electron chi connectivity index (χ1n) is 17.8. The number of esters is 2. The minimum atomic E-state index is -0.821. The van der Waals surface area contributed by atoms with Gasteiger partial charge in [-0.2, -0.15) is 0 Å². The highest BCUT2D eigenvalue weighted by Crippen LogP contribution is 2.14. The molecule has 0 aromatic heterocycles. The number of aliphatic hydroxyl groups is 2. The Labute approximate surface area is 275 Å². The van der Waals surface area contributed by atoms with Crippen molar-refractivity contribution in [2.75, 3.05) is 13.2 Å². The fourth-order valence-electron chi connectivity index (χ4n) is 4.62. The van der Waals surface area contributed by atoms with Crippen LogP contribution < -0.4 is 0 Å². The molecule has 0 fully saturated rings. The van der Waals surface area contributed by atoms with Crippen LogP contribution in [0.5, 0.6) is 0 Å². The van der Waals surface area contributed by atoms with Crippen molar-refractivity contribution >= 4 is 11.9 Å². The van der Waals surface area contributed by atoms with E-state index >= 15 is 0 Å². The molecule has 0 heterocycles. The van der Waals surface area contributed by atoms with Gasteiger partial charge in [0, 0.05) is 12.8 Å². The summed E-state index contributed by atoms with van der Waals surface area (Å²) in [5, 5.41) is 19.5. The van der Waals surface area contributed by atoms with Gasteiger partial charge >= 0.3 is 11.9 Å². The van der Waals surface area contributed by atoms with Gasteiger partial charge in [-0.25, -0.2) is 0 Å². The number of allylic oxidation sites excluding steroid dienone is 8. The summed E-state index contributed by atoms with van der Waals surface area (Å²) < 4.78 is 10.5.